The number of hydrogen-bond acceptors (Lipinski definition) is 3. The lowest BCUT2D eigenvalue weighted by Crippen LogP contribution is -2.20. The van der Waals surface area contributed by atoms with Crippen molar-refractivity contribution < 1.29 is 4.42 Å². The van der Waals surface area contributed by atoms with Crippen molar-refractivity contribution in [3.8, 4) is 0 Å². The van der Waals surface area contributed by atoms with Crippen molar-refractivity contribution in [2.45, 2.75) is 19.9 Å². The summed E-state index contributed by atoms with van der Waals surface area (Å²) >= 11 is 3.53. The third-order valence-corrected chi connectivity index (χ3v) is 3.48. The average Bonchev–Trinajstić information content (AvgIpc) is 2.77. The maximum atomic E-state index is 5.81. The molecule has 1 unspecified atom stereocenters. The van der Waals surface area contributed by atoms with E-state index >= 15 is 0 Å². The number of rotatable bonds is 4. The van der Waals surface area contributed by atoms with Gasteiger partial charge in [-0.25, -0.2) is 0 Å². The smallest absolute Gasteiger partial charge is 0.127 e. The highest BCUT2D eigenvalue weighted by Crippen LogP contribution is 2.28. The monoisotopic (exact) mass is 308 g/mol. The molecule has 0 aliphatic carbocycles. The van der Waals surface area contributed by atoms with E-state index in [1.807, 2.05) is 25.1 Å². The molecule has 96 valence electrons. The van der Waals surface area contributed by atoms with Crippen LogP contribution in [0, 0.1) is 13.8 Å². The predicted molar refractivity (Wildman–Crippen MR) is 77.7 cm³/mol. The average molecular weight is 309 g/mol. The van der Waals surface area contributed by atoms with Gasteiger partial charge in [-0.1, -0.05) is 6.07 Å². The number of nitrogens with one attached hydrogen (secondary N) is 1. The number of nitrogens with two attached hydrogens (primary N) is 1. The summed E-state index contributed by atoms with van der Waals surface area (Å²) in [6.07, 6.45) is 0. The molecular formula is C14H17BrN2O. The minimum Gasteiger partial charge on any atom is -0.464 e. The summed E-state index contributed by atoms with van der Waals surface area (Å²) in [5.74, 6) is 1.76. The van der Waals surface area contributed by atoms with Gasteiger partial charge in [0.05, 0.1) is 6.04 Å². The van der Waals surface area contributed by atoms with Crippen LogP contribution in [0.2, 0.25) is 0 Å². The van der Waals surface area contributed by atoms with Gasteiger partial charge in [0.15, 0.2) is 0 Å². The molecular weight excluding hydrogens is 292 g/mol. The van der Waals surface area contributed by atoms with Crippen molar-refractivity contribution in [3.05, 3.63) is 51.9 Å². The predicted octanol–water partition coefficient (Wildman–Crippen LogP) is 3.77. The lowest BCUT2D eigenvalue weighted by molar-refractivity contribution is 0.459. The summed E-state index contributed by atoms with van der Waals surface area (Å²) in [6, 6.07) is 10.1. The van der Waals surface area contributed by atoms with Crippen LogP contribution in [0.25, 0.3) is 0 Å². The first kappa shape index (κ1) is 13.2. The highest BCUT2D eigenvalue weighted by molar-refractivity contribution is 9.10. The highest BCUT2D eigenvalue weighted by Gasteiger charge is 2.14. The van der Waals surface area contributed by atoms with Gasteiger partial charge in [-0.05, 0) is 59.6 Å². The molecule has 1 heterocycles. The van der Waals surface area contributed by atoms with Crippen LogP contribution < -0.4 is 11.1 Å². The van der Waals surface area contributed by atoms with Gasteiger partial charge >= 0.3 is 0 Å². The molecule has 4 heteroatoms. The molecule has 0 amide bonds. The van der Waals surface area contributed by atoms with Crippen molar-refractivity contribution >= 4 is 21.6 Å². The number of aryl methyl sites for hydroxylation is 2. The largest absolute Gasteiger partial charge is 0.464 e. The quantitative estimate of drug-likeness (QED) is 0.904. The Balaban J connectivity index is 2.22. The number of halogens is 1. The summed E-state index contributed by atoms with van der Waals surface area (Å²) in [4.78, 5) is 0. The van der Waals surface area contributed by atoms with Crippen molar-refractivity contribution in [1.29, 1.82) is 0 Å². The fraction of sp³-hybridized carbons (Fsp3) is 0.286. The standard InChI is InChI=1S/C14H17BrN2O/c1-9-3-5-11(15)12(7-9)17-13(8-16)14-6-4-10(2)18-14/h3-7,13,17H,8,16H2,1-2H3. The summed E-state index contributed by atoms with van der Waals surface area (Å²) < 4.78 is 6.64. The molecule has 0 spiro atoms. The molecule has 0 fully saturated rings. The Bertz CT molecular complexity index is 536. The third kappa shape index (κ3) is 2.94. The van der Waals surface area contributed by atoms with Crippen LogP contribution in [0.5, 0.6) is 0 Å². The van der Waals surface area contributed by atoms with Gasteiger partial charge in [0.25, 0.3) is 0 Å². The maximum absolute atomic E-state index is 5.81. The Kier molecular flexibility index (Phi) is 4.09. The van der Waals surface area contributed by atoms with Crippen LogP contribution in [0.3, 0.4) is 0 Å². The summed E-state index contributed by atoms with van der Waals surface area (Å²) in [7, 11) is 0. The molecule has 2 aromatic rings. The summed E-state index contributed by atoms with van der Waals surface area (Å²) in [5, 5.41) is 3.40. The Hall–Kier alpha value is -1.26. The highest BCUT2D eigenvalue weighted by atomic mass is 79.9. The summed E-state index contributed by atoms with van der Waals surface area (Å²) in [6.45, 7) is 4.47. The van der Waals surface area contributed by atoms with Crippen LogP contribution in [0.15, 0.2) is 39.2 Å². The zero-order chi connectivity index (χ0) is 13.1. The Labute approximate surface area is 115 Å². The van der Waals surface area contributed by atoms with Crippen molar-refractivity contribution in [2.24, 2.45) is 5.73 Å². The van der Waals surface area contributed by atoms with E-state index < -0.39 is 0 Å². The molecule has 2 rings (SSSR count). The number of benzene rings is 1. The lowest BCUT2D eigenvalue weighted by Gasteiger charge is -2.17. The number of anilines is 1. The first-order valence-corrected chi connectivity index (χ1v) is 6.68. The van der Waals surface area contributed by atoms with Crippen LogP contribution in [0.4, 0.5) is 5.69 Å². The second-order valence-corrected chi connectivity index (χ2v) is 5.22. The molecule has 0 aliphatic heterocycles. The molecule has 0 radical (unpaired) electrons. The van der Waals surface area contributed by atoms with Crippen LogP contribution in [0.1, 0.15) is 23.1 Å². The molecule has 1 aromatic carbocycles. The molecule has 0 bridgehead atoms. The van der Waals surface area contributed by atoms with Gasteiger partial charge < -0.3 is 15.5 Å². The number of furan rings is 1. The molecule has 0 aliphatic rings. The first-order chi connectivity index (χ1) is 8.60. The second kappa shape index (κ2) is 5.59. The Morgan fingerprint density at radius 3 is 2.67 bits per heavy atom. The van der Waals surface area contributed by atoms with Crippen LogP contribution >= 0.6 is 15.9 Å². The van der Waals surface area contributed by atoms with E-state index in [1.165, 1.54) is 5.56 Å². The van der Waals surface area contributed by atoms with E-state index in [-0.39, 0.29) is 6.04 Å². The molecule has 0 saturated carbocycles. The van der Waals surface area contributed by atoms with Gasteiger partial charge in [-0.15, -0.1) is 0 Å². The molecule has 3 nitrogen and oxygen atoms in total. The maximum Gasteiger partial charge on any atom is 0.127 e. The Morgan fingerprint density at radius 2 is 2.06 bits per heavy atom. The lowest BCUT2D eigenvalue weighted by atomic mass is 10.2. The fourth-order valence-electron chi connectivity index (χ4n) is 1.82. The second-order valence-electron chi connectivity index (χ2n) is 4.36. The topological polar surface area (TPSA) is 51.2 Å². The molecule has 1 atom stereocenters. The van der Waals surface area contributed by atoms with Gasteiger partial charge in [0.1, 0.15) is 11.5 Å². The molecule has 3 N–H and O–H groups in total. The van der Waals surface area contributed by atoms with E-state index in [0.29, 0.717) is 6.54 Å². The molecule has 1 aromatic heterocycles. The zero-order valence-electron chi connectivity index (χ0n) is 10.5. The minimum atomic E-state index is -0.0169. The van der Waals surface area contributed by atoms with E-state index in [4.69, 9.17) is 10.2 Å². The van der Waals surface area contributed by atoms with E-state index in [0.717, 1.165) is 21.7 Å². The van der Waals surface area contributed by atoms with E-state index in [9.17, 15) is 0 Å². The Morgan fingerprint density at radius 1 is 1.28 bits per heavy atom. The first-order valence-electron chi connectivity index (χ1n) is 5.89. The van der Waals surface area contributed by atoms with Gasteiger partial charge in [-0.3, -0.25) is 0 Å². The summed E-state index contributed by atoms with van der Waals surface area (Å²) in [5.41, 5.74) is 8.04. The van der Waals surface area contributed by atoms with Crippen LogP contribution in [-0.4, -0.2) is 6.54 Å². The SMILES string of the molecule is Cc1ccc(Br)c(NC(CN)c2ccc(C)o2)c1. The zero-order valence-corrected chi connectivity index (χ0v) is 12.1. The van der Waals surface area contributed by atoms with Crippen LogP contribution in [-0.2, 0) is 0 Å². The molecule has 0 saturated heterocycles. The van der Waals surface area contributed by atoms with Crippen molar-refractivity contribution in [3.63, 3.8) is 0 Å². The van der Waals surface area contributed by atoms with Gasteiger partial charge in [0.2, 0.25) is 0 Å². The third-order valence-electron chi connectivity index (χ3n) is 2.79. The minimum absolute atomic E-state index is 0.0169. The molecule has 18 heavy (non-hydrogen) atoms. The number of hydrogen-bond donors (Lipinski definition) is 2. The van der Waals surface area contributed by atoms with Gasteiger partial charge in [0, 0.05) is 16.7 Å². The normalized spacial score (nSPS) is 12.4. The van der Waals surface area contributed by atoms with Gasteiger partial charge in [-0.2, -0.15) is 0 Å². The van der Waals surface area contributed by atoms with Crippen molar-refractivity contribution in [1.82, 2.24) is 0 Å². The van der Waals surface area contributed by atoms with Crippen molar-refractivity contribution in [2.75, 3.05) is 11.9 Å². The van der Waals surface area contributed by atoms with E-state index in [2.05, 4.69) is 40.3 Å². The fourth-order valence-corrected chi connectivity index (χ4v) is 2.19. The van der Waals surface area contributed by atoms with E-state index in [1.54, 1.807) is 0 Å².